The second-order valence-corrected chi connectivity index (χ2v) is 7.57. The molecule has 1 aliphatic rings. The molecule has 1 aliphatic heterocycles. The van der Waals surface area contributed by atoms with Gasteiger partial charge in [-0.3, -0.25) is 0 Å². The third kappa shape index (κ3) is 4.42. The van der Waals surface area contributed by atoms with E-state index in [4.69, 9.17) is 21.2 Å². The zero-order chi connectivity index (χ0) is 20.2. The van der Waals surface area contributed by atoms with E-state index >= 15 is 0 Å². The van der Waals surface area contributed by atoms with Crippen molar-refractivity contribution in [3.05, 3.63) is 105 Å². The number of halogens is 2. The maximum atomic E-state index is 12.2. The van der Waals surface area contributed by atoms with E-state index in [1.165, 1.54) is 0 Å². The minimum absolute atomic E-state index is 0.357. The topological polar surface area (TPSA) is 47.9 Å². The van der Waals surface area contributed by atoms with Crippen LogP contribution in [0.4, 0.5) is 0 Å². The fourth-order valence-electron chi connectivity index (χ4n) is 2.88. The highest BCUT2D eigenvalue weighted by Gasteiger charge is 2.26. The average Bonchev–Trinajstić information content (AvgIpc) is 3.09. The number of carbonyl (C=O) groups is 1. The van der Waals surface area contributed by atoms with Crippen LogP contribution in [0.1, 0.15) is 16.7 Å². The molecule has 0 aromatic heterocycles. The second-order valence-electron chi connectivity index (χ2n) is 6.31. The largest absolute Gasteiger partial charge is 0.488 e. The van der Waals surface area contributed by atoms with Gasteiger partial charge in [-0.25, -0.2) is 4.79 Å². The first-order valence-electron chi connectivity index (χ1n) is 8.84. The van der Waals surface area contributed by atoms with Crippen LogP contribution >= 0.6 is 27.5 Å². The molecule has 4 nitrogen and oxygen atoms in total. The molecule has 3 aromatic carbocycles. The van der Waals surface area contributed by atoms with Crippen molar-refractivity contribution in [1.82, 2.24) is 0 Å². The molecule has 1 heterocycles. The fraction of sp³-hybridized carbons (Fsp3) is 0.0435. The molecule has 0 radical (unpaired) electrons. The molecule has 0 saturated carbocycles. The smallest absolute Gasteiger partial charge is 0.368 e. The zero-order valence-corrected chi connectivity index (χ0v) is 17.5. The third-order valence-electron chi connectivity index (χ3n) is 4.35. The van der Waals surface area contributed by atoms with Gasteiger partial charge in [-0.05, 0) is 45.8 Å². The van der Waals surface area contributed by atoms with Crippen LogP contribution in [-0.2, 0) is 16.2 Å². The Morgan fingerprint density at radius 3 is 2.55 bits per heavy atom. The van der Waals surface area contributed by atoms with E-state index in [1.54, 1.807) is 6.08 Å². The monoisotopic (exact) mass is 467 g/mol. The van der Waals surface area contributed by atoms with Gasteiger partial charge in [0.05, 0.1) is 10.0 Å². The van der Waals surface area contributed by atoms with Crippen LogP contribution < -0.4 is 4.74 Å². The SMILES string of the molecule is O=C1ON=C(c2ccccc2)/C1=C/c1ccc(OCc2ccccc2Cl)c(Br)c1. The highest BCUT2D eigenvalue weighted by molar-refractivity contribution is 9.10. The van der Waals surface area contributed by atoms with Crippen LogP contribution in [-0.4, -0.2) is 11.7 Å². The molecule has 29 heavy (non-hydrogen) atoms. The van der Waals surface area contributed by atoms with Crippen molar-refractivity contribution in [2.24, 2.45) is 5.16 Å². The highest BCUT2D eigenvalue weighted by atomic mass is 79.9. The Morgan fingerprint density at radius 1 is 1.03 bits per heavy atom. The maximum absolute atomic E-state index is 12.2. The van der Waals surface area contributed by atoms with Crippen LogP contribution in [0.3, 0.4) is 0 Å². The lowest BCUT2D eigenvalue weighted by atomic mass is 10.0. The average molecular weight is 469 g/mol. The summed E-state index contributed by atoms with van der Waals surface area (Å²) in [5, 5.41) is 4.59. The predicted octanol–water partition coefficient (Wildman–Crippen LogP) is 6.03. The standard InChI is InChI=1S/C23H15BrClNO3/c24-19-13-15(10-11-21(19)28-14-17-8-4-5-9-20(17)25)12-18-22(26-29-23(18)27)16-6-2-1-3-7-16/h1-13H,14H2/b18-12-. The first-order chi connectivity index (χ1) is 14.1. The summed E-state index contributed by atoms with van der Waals surface area (Å²) in [6, 6.07) is 22.6. The summed E-state index contributed by atoms with van der Waals surface area (Å²) in [5.74, 6) is 0.206. The zero-order valence-electron chi connectivity index (χ0n) is 15.1. The van der Waals surface area contributed by atoms with Crippen molar-refractivity contribution in [2.75, 3.05) is 0 Å². The predicted molar refractivity (Wildman–Crippen MR) is 117 cm³/mol. The Labute approximate surface area is 181 Å². The summed E-state index contributed by atoms with van der Waals surface area (Å²) >= 11 is 9.70. The lowest BCUT2D eigenvalue weighted by molar-refractivity contribution is -0.136. The Hall–Kier alpha value is -2.89. The number of benzene rings is 3. The van der Waals surface area contributed by atoms with Gasteiger partial charge in [-0.15, -0.1) is 0 Å². The number of ether oxygens (including phenoxy) is 1. The van der Waals surface area contributed by atoms with Gasteiger partial charge in [-0.1, -0.05) is 71.4 Å². The molecule has 4 rings (SSSR count). The minimum atomic E-state index is -0.473. The van der Waals surface area contributed by atoms with E-state index in [1.807, 2.05) is 72.8 Å². The fourth-order valence-corrected chi connectivity index (χ4v) is 3.58. The number of hydrogen-bond donors (Lipinski definition) is 0. The molecule has 3 aromatic rings. The van der Waals surface area contributed by atoms with E-state index in [0.717, 1.165) is 21.2 Å². The summed E-state index contributed by atoms with van der Waals surface area (Å²) in [4.78, 5) is 17.0. The van der Waals surface area contributed by atoms with Crippen molar-refractivity contribution in [3.8, 4) is 5.75 Å². The van der Waals surface area contributed by atoms with Gasteiger partial charge in [0.15, 0.2) is 0 Å². The van der Waals surface area contributed by atoms with Crippen molar-refractivity contribution < 1.29 is 14.4 Å². The number of rotatable bonds is 5. The van der Waals surface area contributed by atoms with Crippen LogP contribution in [0.15, 0.2) is 88.0 Å². The number of nitrogens with zero attached hydrogens (tertiary/aromatic N) is 1. The summed E-state index contributed by atoms with van der Waals surface area (Å²) in [5.41, 5.74) is 3.48. The van der Waals surface area contributed by atoms with Crippen molar-refractivity contribution in [2.45, 2.75) is 6.61 Å². The van der Waals surface area contributed by atoms with Crippen molar-refractivity contribution in [3.63, 3.8) is 0 Å². The molecule has 0 unspecified atom stereocenters. The van der Waals surface area contributed by atoms with E-state index < -0.39 is 5.97 Å². The molecule has 0 saturated heterocycles. The normalized spacial score (nSPS) is 14.6. The van der Waals surface area contributed by atoms with Gasteiger partial charge < -0.3 is 9.57 Å². The summed E-state index contributed by atoms with van der Waals surface area (Å²) < 4.78 is 6.64. The first kappa shape index (κ1) is 19.4. The lowest BCUT2D eigenvalue weighted by Crippen LogP contribution is -2.06. The Kier molecular flexibility index (Phi) is 5.79. The van der Waals surface area contributed by atoms with Crippen LogP contribution in [0.25, 0.3) is 6.08 Å². The second kappa shape index (κ2) is 8.64. The van der Waals surface area contributed by atoms with E-state index in [0.29, 0.717) is 28.7 Å². The summed E-state index contributed by atoms with van der Waals surface area (Å²) in [6.07, 6.45) is 1.75. The van der Waals surface area contributed by atoms with Gasteiger partial charge in [0.25, 0.3) is 0 Å². The van der Waals surface area contributed by atoms with Crippen LogP contribution in [0.5, 0.6) is 5.75 Å². The van der Waals surface area contributed by atoms with E-state index in [9.17, 15) is 4.79 Å². The van der Waals surface area contributed by atoms with Gasteiger partial charge in [-0.2, -0.15) is 0 Å². The molecule has 144 valence electrons. The van der Waals surface area contributed by atoms with Crippen molar-refractivity contribution in [1.29, 1.82) is 0 Å². The molecule has 0 spiro atoms. The number of oxime groups is 1. The van der Waals surface area contributed by atoms with Gasteiger partial charge in [0.1, 0.15) is 18.1 Å². The molecule has 0 fully saturated rings. The van der Waals surface area contributed by atoms with Gasteiger partial charge in [0, 0.05) is 16.1 Å². The minimum Gasteiger partial charge on any atom is -0.488 e. The summed E-state index contributed by atoms with van der Waals surface area (Å²) in [7, 11) is 0. The maximum Gasteiger partial charge on any atom is 0.368 e. The van der Waals surface area contributed by atoms with Crippen molar-refractivity contribution >= 4 is 45.3 Å². The molecule has 0 bridgehead atoms. The molecule has 0 atom stereocenters. The lowest BCUT2D eigenvalue weighted by Gasteiger charge is -2.10. The van der Waals surface area contributed by atoms with E-state index in [-0.39, 0.29) is 0 Å². The Morgan fingerprint density at radius 2 is 1.79 bits per heavy atom. The Bertz CT molecular complexity index is 1130. The number of carbonyl (C=O) groups excluding carboxylic acids is 1. The first-order valence-corrected chi connectivity index (χ1v) is 10.0. The van der Waals surface area contributed by atoms with Gasteiger partial charge >= 0.3 is 5.97 Å². The Balaban J connectivity index is 1.55. The third-order valence-corrected chi connectivity index (χ3v) is 5.34. The van der Waals surface area contributed by atoms with E-state index in [2.05, 4.69) is 21.1 Å². The summed E-state index contributed by atoms with van der Waals surface area (Å²) in [6.45, 7) is 0.357. The molecule has 6 heteroatoms. The highest BCUT2D eigenvalue weighted by Crippen LogP contribution is 2.29. The van der Waals surface area contributed by atoms with Crippen LogP contribution in [0.2, 0.25) is 5.02 Å². The molecular weight excluding hydrogens is 454 g/mol. The molecule has 0 amide bonds. The van der Waals surface area contributed by atoms with Crippen LogP contribution in [0, 0.1) is 0 Å². The quantitative estimate of drug-likeness (QED) is 0.339. The van der Waals surface area contributed by atoms with Gasteiger partial charge in [0.2, 0.25) is 0 Å². The molecule has 0 aliphatic carbocycles. The molecule has 0 N–H and O–H groups in total. The number of hydrogen-bond acceptors (Lipinski definition) is 4. The molecular formula is C23H15BrClNO3.